The number of aromatic nitrogens is 4. The van der Waals surface area contributed by atoms with E-state index in [9.17, 15) is 15.3 Å². The molecule has 126 valence electrons. The summed E-state index contributed by atoms with van der Waals surface area (Å²) in [5, 5.41) is 35.1. The largest absolute Gasteiger partial charge is 0.396 e. The molecule has 2 saturated carbocycles. The molecule has 2 aliphatic carbocycles. The lowest BCUT2D eigenvalue weighted by atomic mass is 9.87. The van der Waals surface area contributed by atoms with Gasteiger partial charge in [-0.05, 0) is 17.9 Å². The molecule has 3 N–H and O–H groups in total. The van der Waals surface area contributed by atoms with Crippen LogP contribution in [0, 0.1) is 11.3 Å². The van der Waals surface area contributed by atoms with E-state index in [0.717, 1.165) is 0 Å². The fraction of sp³-hybridized carbons (Fsp3) is 0.615. The molecule has 11 heteroatoms. The van der Waals surface area contributed by atoms with E-state index < -0.39 is 23.2 Å². The van der Waals surface area contributed by atoms with Gasteiger partial charge in [0, 0.05) is 10.3 Å². The third-order valence-corrected chi connectivity index (χ3v) is 5.66. The van der Waals surface area contributed by atoms with Gasteiger partial charge < -0.3 is 19.9 Å². The predicted octanol–water partition coefficient (Wildman–Crippen LogP) is 0.435. The lowest BCUT2D eigenvalue weighted by Crippen LogP contribution is -2.51. The molecule has 0 aromatic carbocycles. The maximum absolute atomic E-state index is 11.1. The number of aliphatic hydroxyl groups excluding tert-OH is 2. The molecular formula is C13H14ClN7O3. The predicted molar refractivity (Wildman–Crippen MR) is 82.0 cm³/mol. The molecule has 2 heterocycles. The zero-order valence-corrected chi connectivity index (χ0v) is 13.1. The Bertz CT molecular complexity index is 868. The molecule has 0 saturated heterocycles. The number of nitrogens with zero attached hydrogens (tertiary/aromatic N) is 7. The van der Waals surface area contributed by atoms with Crippen LogP contribution in [0.2, 0.25) is 5.15 Å². The topological polar surface area (TPSA) is 153 Å². The van der Waals surface area contributed by atoms with Gasteiger partial charge in [0.25, 0.3) is 0 Å². The Balaban J connectivity index is 1.88. The number of rotatable bonds is 4. The van der Waals surface area contributed by atoms with Gasteiger partial charge in [-0.3, -0.25) is 0 Å². The van der Waals surface area contributed by atoms with Gasteiger partial charge in [0.1, 0.15) is 17.4 Å². The number of aliphatic hydroxyl groups is 3. The molecule has 4 rings (SSSR count). The van der Waals surface area contributed by atoms with Crippen molar-refractivity contribution in [2.75, 3.05) is 13.2 Å². The normalized spacial score (nSPS) is 37.2. The van der Waals surface area contributed by atoms with Crippen LogP contribution in [0.4, 0.5) is 0 Å². The highest BCUT2D eigenvalue weighted by Crippen LogP contribution is 2.70. The molecular weight excluding hydrogens is 338 g/mol. The smallest absolute Gasteiger partial charge is 0.165 e. The van der Waals surface area contributed by atoms with Crippen LogP contribution in [0.5, 0.6) is 0 Å². The molecule has 24 heavy (non-hydrogen) atoms. The quantitative estimate of drug-likeness (QED) is 0.314. The van der Waals surface area contributed by atoms with E-state index in [1.165, 1.54) is 12.7 Å². The average molecular weight is 352 g/mol. The minimum absolute atomic E-state index is 0.181. The van der Waals surface area contributed by atoms with Crippen molar-refractivity contribution in [1.29, 1.82) is 0 Å². The molecule has 0 bridgehead atoms. The Morgan fingerprint density at radius 2 is 2.25 bits per heavy atom. The summed E-state index contributed by atoms with van der Waals surface area (Å²) in [6.07, 6.45) is 2.07. The number of hydrogen-bond donors (Lipinski definition) is 3. The lowest BCUT2D eigenvalue weighted by molar-refractivity contribution is -0.105. The summed E-state index contributed by atoms with van der Waals surface area (Å²) in [6, 6.07) is -0.652. The van der Waals surface area contributed by atoms with Gasteiger partial charge >= 0.3 is 0 Å². The highest BCUT2D eigenvalue weighted by Gasteiger charge is 2.76. The summed E-state index contributed by atoms with van der Waals surface area (Å²) in [4.78, 5) is 14.9. The number of imidazole rings is 1. The molecule has 2 aromatic rings. The monoisotopic (exact) mass is 351 g/mol. The summed E-state index contributed by atoms with van der Waals surface area (Å²) < 4.78 is 1.62. The molecule has 2 aliphatic rings. The molecule has 2 fully saturated rings. The van der Waals surface area contributed by atoms with Crippen LogP contribution in [0.25, 0.3) is 21.6 Å². The van der Waals surface area contributed by atoms with Crippen molar-refractivity contribution >= 4 is 22.8 Å². The molecule has 0 radical (unpaired) electrons. The summed E-state index contributed by atoms with van der Waals surface area (Å²) in [5.74, 6) is -0.192. The van der Waals surface area contributed by atoms with Gasteiger partial charge in [-0.25, -0.2) is 15.0 Å². The van der Waals surface area contributed by atoms with E-state index in [4.69, 9.17) is 17.1 Å². The fourth-order valence-electron chi connectivity index (χ4n) is 4.15. The van der Waals surface area contributed by atoms with E-state index in [1.54, 1.807) is 4.57 Å². The zero-order valence-electron chi connectivity index (χ0n) is 12.4. The van der Waals surface area contributed by atoms with Crippen LogP contribution in [-0.2, 0) is 0 Å². The molecule has 0 amide bonds. The first-order valence-corrected chi connectivity index (χ1v) is 7.72. The third kappa shape index (κ3) is 1.77. The standard InChI is InChI=1S/C13H14ClN7O3/c14-9-7-10(17-4-16-9)21(5-18-7)8-6-1-12(6,3-22)11(23)13(8,24)2-19-20-15/h4-6,8,11,22-24H,1-3H2/t6-,8+,11+,12-,13+/m0/s1. The molecule has 0 aliphatic heterocycles. The van der Waals surface area contributed by atoms with Crippen molar-refractivity contribution in [3.8, 4) is 0 Å². The summed E-state index contributed by atoms with van der Waals surface area (Å²) in [5.41, 5.74) is 6.86. The van der Waals surface area contributed by atoms with E-state index in [0.29, 0.717) is 17.6 Å². The summed E-state index contributed by atoms with van der Waals surface area (Å²) >= 11 is 6.02. The highest BCUT2D eigenvalue weighted by molar-refractivity contribution is 6.33. The van der Waals surface area contributed by atoms with Crippen molar-refractivity contribution < 1.29 is 15.3 Å². The third-order valence-electron chi connectivity index (χ3n) is 5.39. The second kappa shape index (κ2) is 5.01. The highest BCUT2D eigenvalue weighted by atomic mass is 35.5. The second-order valence-electron chi connectivity index (χ2n) is 6.42. The Morgan fingerprint density at radius 3 is 2.96 bits per heavy atom. The van der Waals surface area contributed by atoms with Crippen molar-refractivity contribution in [2.45, 2.75) is 24.2 Å². The molecule has 10 nitrogen and oxygen atoms in total. The van der Waals surface area contributed by atoms with Crippen molar-refractivity contribution in [3.05, 3.63) is 28.3 Å². The first kappa shape index (κ1) is 15.6. The first-order chi connectivity index (χ1) is 11.5. The Labute approximate surface area is 140 Å². The van der Waals surface area contributed by atoms with E-state index in [1.807, 2.05) is 0 Å². The number of azide groups is 1. The minimum Gasteiger partial charge on any atom is -0.396 e. The summed E-state index contributed by atoms with van der Waals surface area (Å²) in [7, 11) is 0. The van der Waals surface area contributed by atoms with Gasteiger partial charge in [-0.1, -0.05) is 16.7 Å². The number of hydrogen-bond acceptors (Lipinski definition) is 7. The SMILES string of the molecule is [N-]=[N+]=NC[C@@]1(O)[C@H](n2cnc3c(Cl)ncnc32)[C@@H]2C[C@@]2(CO)[C@H]1O. The van der Waals surface area contributed by atoms with Crippen LogP contribution in [0.15, 0.2) is 17.8 Å². The summed E-state index contributed by atoms with van der Waals surface area (Å²) in [6.45, 7) is -0.595. The minimum atomic E-state index is -1.73. The van der Waals surface area contributed by atoms with E-state index in [2.05, 4.69) is 25.0 Å². The second-order valence-corrected chi connectivity index (χ2v) is 6.78. The van der Waals surface area contributed by atoms with Crippen molar-refractivity contribution in [1.82, 2.24) is 19.5 Å². The van der Waals surface area contributed by atoms with Gasteiger partial charge in [0.05, 0.1) is 31.6 Å². The van der Waals surface area contributed by atoms with E-state index in [-0.39, 0.29) is 24.2 Å². The number of fused-ring (bicyclic) bond motifs is 2. The lowest BCUT2D eigenvalue weighted by Gasteiger charge is -2.36. The molecule has 5 atom stereocenters. The average Bonchev–Trinajstić information content (AvgIpc) is 3.09. The zero-order chi connectivity index (χ0) is 17.1. The van der Waals surface area contributed by atoms with Crippen LogP contribution in [-0.4, -0.2) is 59.7 Å². The Kier molecular flexibility index (Phi) is 3.25. The maximum atomic E-state index is 11.1. The van der Waals surface area contributed by atoms with Crippen molar-refractivity contribution in [3.63, 3.8) is 0 Å². The Hall–Kier alpha value is -1.97. The Morgan fingerprint density at radius 1 is 1.46 bits per heavy atom. The maximum Gasteiger partial charge on any atom is 0.165 e. The van der Waals surface area contributed by atoms with Crippen LogP contribution < -0.4 is 0 Å². The number of halogens is 1. The van der Waals surface area contributed by atoms with Gasteiger partial charge in [0.2, 0.25) is 0 Å². The van der Waals surface area contributed by atoms with Crippen LogP contribution >= 0.6 is 11.6 Å². The van der Waals surface area contributed by atoms with Crippen LogP contribution in [0.3, 0.4) is 0 Å². The van der Waals surface area contributed by atoms with Gasteiger partial charge in [-0.15, -0.1) is 0 Å². The fourth-order valence-corrected chi connectivity index (χ4v) is 4.33. The molecule has 0 unspecified atom stereocenters. The van der Waals surface area contributed by atoms with E-state index >= 15 is 0 Å². The molecule has 2 aromatic heterocycles. The first-order valence-electron chi connectivity index (χ1n) is 7.35. The molecule has 0 spiro atoms. The van der Waals surface area contributed by atoms with Gasteiger partial charge in [0.15, 0.2) is 10.8 Å². The van der Waals surface area contributed by atoms with Gasteiger partial charge in [-0.2, -0.15) is 0 Å². The van der Waals surface area contributed by atoms with Crippen molar-refractivity contribution in [2.24, 2.45) is 16.4 Å². The van der Waals surface area contributed by atoms with Crippen LogP contribution in [0.1, 0.15) is 12.5 Å².